The van der Waals surface area contributed by atoms with E-state index >= 15 is 0 Å². The molecular formula is C13H12N5O4S-. The fourth-order valence-corrected chi connectivity index (χ4v) is 3.15. The van der Waals surface area contributed by atoms with Crippen molar-refractivity contribution in [1.29, 1.82) is 0 Å². The largest absolute Gasteiger partial charge is 0.543 e. The number of fused-ring (bicyclic) bond motifs is 1. The van der Waals surface area contributed by atoms with E-state index in [1.54, 1.807) is 29.8 Å². The Morgan fingerprint density at radius 2 is 1.96 bits per heavy atom. The highest BCUT2D eigenvalue weighted by Gasteiger charge is 2.20. The number of nitrogens with zero attached hydrogens (tertiary/aromatic N) is 3. The maximum absolute atomic E-state index is 11.5. The zero-order valence-electron chi connectivity index (χ0n) is 11.9. The van der Waals surface area contributed by atoms with E-state index in [1.807, 2.05) is 0 Å². The number of hydrogen-bond donors (Lipinski definition) is 2. The van der Waals surface area contributed by atoms with Crippen molar-refractivity contribution in [3.63, 3.8) is 0 Å². The van der Waals surface area contributed by atoms with Gasteiger partial charge in [0.2, 0.25) is 5.95 Å². The molecule has 2 aromatic heterocycles. The van der Waals surface area contributed by atoms with Crippen molar-refractivity contribution in [3.8, 4) is 11.1 Å². The van der Waals surface area contributed by atoms with Gasteiger partial charge in [-0.2, -0.15) is 8.42 Å². The van der Waals surface area contributed by atoms with Crippen molar-refractivity contribution in [3.05, 3.63) is 36.2 Å². The molecule has 0 saturated carbocycles. The summed E-state index contributed by atoms with van der Waals surface area (Å²) >= 11 is 0. The molecule has 3 aromatic rings. The predicted octanol–water partition coefficient (Wildman–Crippen LogP) is -0.961. The lowest BCUT2D eigenvalue weighted by molar-refractivity contribution is -0.255. The van der Waals surface area contributed by atoms with E-state index in [2.05, 4.69) is 4.98 Å². The van der Waals surface area contributed by atoms with Gasteiger partial charge in [-0.25, -0.2) is 14.1 Å². The van der Waals surface area contributed by atoms with Crippen LogP contribution < -0.4 is 16.0 Å². The predicted molar refractivity (Wildman–Crippen MR) is 81.4 cm³/mol. The van der Waals surface area contributed by atoms with Crippen molar-refractivity contribution >= 4 is 33.2 Å². The topological polar surface area (TPSA) is 149 Å². The first-order valence-electron chi connectivity index (χ1n) is 6.39. The van der Waals surface area contributed by atoms with E-state index in [-0.39, 0.29) is 11.5 Å². The molecule has 120 valence electrons. The lowest BCUT2D eigenvalue weighted by Crippen LogP contribution is -2.31. The molecule has 0 aliphatic carbocycles. The van der Waals surface area contributed by atoms with Gasteiger partial charge in [0.1, 0.15) is 0 Å². The zero-order chi connectivity index (χ0) is 16.9. The first-order chi connectivity index (χ1) is 10.7. The molecular weight excluding hydrogens is 322 g/mol. The first kappa shape index (κ1) is 15.1. The van der Waals surface area contributed by atoms with Crippen molar-refractivity contribution in [2.75, 3.05) is 5.73 Å². The first-order valence-corrected chi connectivity index (χ1v) is 7.89. The second-order valence-corrected chi connectivity index (χ2v) is 6.33. The Labute approximate surface area is 130 Å². The average Bonchev–Trinajstić information content (AvgIpc) is 3.01. The van der Waals surface area contributed by atoms with Crippen molar-refractivity contribution in [2.24, 2.45) is 12.2 Å². The molecule has 0 saturated heterocycles. The van der Waals surface area contributed by atoms with E-state index in [0.717, 1.165) is 6.20 Å². The molecule has 0 unspecified atom stereocenters. The molecule has 1 aromatic carbocycles. The van der Waals surface area contributed by atoms with Crippen LogP contribution in [0.3, 0.4) is 0 Å². The minimum Gasteiger partial charge on any atom is -0.543 e. The fourth-order valence-electron chi connectivity index (χ4n) is 2.49. The Bertz CT molecular complexity index is 1050. The summed E-state index contributed by atoms with van der Waals surface area (Å²) in [6, 6.07) is 6.39. The molecule has 9 nitrogen and oxygen atoms in total. The lowest BCUT2D eigenvalue weighted by atomic mass is 10.0. The highest BCUT2D eigenvalue weighted by atomic mass is 32.2. The second kappa shape index (κ2) is 4.83. The van der Waals surface area contributed by atoms with Gasteiger partial charge in [-0.3, -0.25) is 0 Å². The third kappa shape index (κ3) is 2.24. The molecule has 3 rings (SSSR count). The molecule has 4 N–H and O–H groups in total. The van der Waals surface area contributed by atoms with Crippen LogP contribution in [-0.2, 0) is 17.3 Å². The molecule has 0 spiro atoms. The molecule has 0 atom stereocenters. The van der Waals surface area contributed by atoms with Gasteiger partial charge in [-0.1, -0.05) is 12.1 Å². The van der Waals surface area contributed by atoms with Crippen LogP contribution in [-0.4, -0.2) is 27.9 Å². The standard InChI is InChI=1S/C13H13N5O4S/c1-17-9-4-2-3-7(10(9)16-13(17)14)8-5-6-18(23(15,21)22)11(8)12(19)20/h2-6H,1H3,(H2,14,16)(H,19,20)(H2,15,21,22)/p-1. The molecule has 0 bridgehead atoms. The third-order valence-corrected chi connectivity index (χ3v) is 4.41. The molecule has 23 heavy (non-hydrogen) atoms. The number of aromatic nitrogens is 3. The number of para-hydroxylation sites is 1. The van der Waals surface area contributed by atoms with Gasteiger partial charge in [0, 0.05) is 24.4 Å². The van der Waals surface area contributed by atoms with Crippen LogP contribution in [0.2, 0.25) is 0 Å². The number of hydrogen-bond acceptors (Lipinski definition) is 6. The number of nitrogen functional groups attached to an aromatic ring is 1. The summed E-state index contributed by atoms with van der Waals surface area (Å²) in [5.41, 5.74) is 6.87. The number of carbonyl (C=O) groups excluding carboxylic acids is 1. The number of benzene rings is 1. The summed E-state index contributed by atoms with van der Waals surface area (Å²) in [7, 11) is -2.56. The van der Waals surface area contributed by atoms with Crippen molar-refractivity contribution < 1.29 is 18.3 Å². The monoisotopic (exact) mass is 334 g/mol. The molecule has 0 fully saturated rings. The van der Waals surface area contributed by atoms with Gasteiger partial charge < -0.3 is 20.2 Å². The smallest absolute Gasteiger partial charge is 0.302 e. The van der Waals surface area contributed by atoms with E-state index in [1.165, 1.54) is 6.07 Å². The SMILES string of the molecule is Cn1c(N)nc2c(-c3ccn(S(N)(=O)=O)c3C(=O)[O-])cccc21. The number of anilines is 1. The molecule has 0 amide bonds. The van der Waals surface area contributed by atoms with Gasteiger partial charge in [-0.15, -0.1) is 0 Å². The van der Waals surface area contributed by atoms with Crippen LogP contribution in [0.15, 0.2) is 30.5 Å². The van der Waals surface area contributed by atoms with Gasteiger partial charge in [0.05, 0.1) is 22.7 Å². The number of nitrogens with two attached hydrogens (primary N) is 2. The Morgan fingerprint density at radius 1 is 1.26 bits per heavy atom. The summed E-state index contributed by atoms with van der Waals surface area (Å²) < 4.78 is 25.2. The summed E-state index contributed by atoms with van der Waals surface area (Å²) in [5, 5.41) is 16.5. The van der Waals surface area contributed by atoms with Gasteiger partial charge in [0.15, 0.2) is 0 Å². The van der Waals surface area contributed by atoms with E-state index in [0.29, 0.717) is 20.6 Å². The van der Waals surface area contributed by atoms with Crippen molar-refractivity contribution in [1.82, 2.24) is 13.5 Å². The molecule has 0 radical (unpaired) electrons. The van der Waals surface area contributed by atoms with E-state index in [4.69, 9.17) is 10.9 Å². The number of carboxylic acids is 1. The summed E-state index contributed by atoms with van der Waals surface area (Å²) in [6.45, 7) is 0. The highest BCUT2D eigenvalue weighted by Crippen LogP contribution is 2.32. The Hall–Kier alpha value is -2.85. The third-order valence-electron chi connectivity index (χ3n) is 3.56. The number of aryl methyl sites for hydroxylation is 1. The highest BCUT2D eigenvalue weighted by molar-refractivity contribution is 7.87. The number of aromatic carboxylic acids is 1. The van der Waals surface area contributed by atoms with E-state index < -0.39 is 21.9 Å². The summed E-state index contributed by atoms with van der Waals surface area (Å²) in [5.74, 6) is -1.42. The Balaban J connectivity index is 2.39. The fraction of sp³-hybridized carbons (Fsp3) is 0.0769. The Kier molecular flexibility index (Phi) is 3.16. The lowest BCUT2D eigenvalue weighted by Gasteiger charge is -2.10. The maximum atomic E-state index is 11.5. The summed E-state index contributed by atoms with van der Waals surface area (Å²) in [6.07, 6.45) is 1.06. The van der Waals surface area contributed by atoms with Crippen LogP contribution in [0.4, 0.5) is 5.95 Å². The minimum absolute atomic E-state index is 0.128. The normalized spacial score (nSPS) is 11.9. The van der Waals surface area contributed by atoms with Crippen LogP contribution in [0, 0.1) is 0 Å². The van der Waals surface area contributed by atoms with Crippen LogP contribution in [0.5, 0.6) is 0 Å². The average molecular weight is 334 g/mol. The van der Waals surface area contributed by atoms with E-state index in [9.17, 15) is 18.3 Å². The van der Waals surface area contributed by atoms with Crippen LogP contribution in [0.1, 0.15) is 10.5 Å². The van der Waals surface area contributed by atoms with Gasteiger partial charge in [0.25, 0.3) is 0 Å². The Morgan fingerprint density at radius 3 is 2.57 bits per heavy atom. The number of carbonyl (C=O) groups is 1. The minimum atomic E-state index is -4.28. The van der Waals surface area contributed by atoms with Crippen LogP contribution >= 0.6 is 0 Å². The molecule has 2 heterocycles. The molecule has 10 heteroatoms. The quantitative estimate of drug-likeness (QED) is 0.630. The number of rotatable bonds is 3. The molecule has 0 aliphatic heterocycles. The summed E-state index contributed by atoms with van der Waals surface area (Å²) in [4.78, 5) is 15.6. The second-order valence-electron chi connectivity index (χ2n) is 4.91. The van der Waals surface area contributed by atoms with Crippen molar-refractivity contribution in [2.45, 2.75) is 0 Å². The number of carboxylic acid groups (broad SMARTS) is 1. The van der Waals surface area contributed by atoms with Crippen LogP contribution in [0.25, 0.3) is 22.2 Å². The molecule has 0 aliphatic rings. The maximum Gasteiger partial charge on any atom is 0.302 e. The zero-order valence-corrected chi connectivity index (χ0v) is 12.7. The number of imidazole rings is 1. The van der Waals surface area contributed by atoms with Gasteiger partial charge >= 0.3 is 10.2 Å². The van der Waals surface area contributed by atoms with Gasteiger partial charge in [-0.05, 0) is 12.1 Å².